The van der Waals surface area contributed by atoms with Crippen molar-refractivity contribution in [3.63, 3.8) is 0 Å². The molecule has 0 amide bonds. The highest BCUT2D eigenvalue weighted by atomic mass is 16.3. The number of furan rings is 1. The minimum atomic E-state index is -0.0348. The van der Waals surface area contributed by atoms with E-state index in [9.17, 15) is 0 Å². The van der Waals surface area contributed by atoms with Crippen molar-refractivity contribution in [2.45, 2.75) is 19.9 Å². The highest BCUT2D eigenvalue weighted by Crippen LogP contribution is 2.27. The van der Waals surface area contributed by atoms with Gasteiger partial charge in [-0.15, -0.1) is 0 Å². The summed E-state index contributed by atoms with van der Waals surface area (Å²) < 4.78 is 5.64. The summed E-state index contributed by atoms with van der Waals surface area (Å²) >= 11 is 0. The zero-order valence-corrected chi connectivity index (χ0v) is 7.87. The third-order valence-electron chi connectivity index (χ3n) is 2.29. The van der Waals surface area contributed by atoms with E-state index in [1.165, 1.54) is 0 Å². The first-order chi connectivity index (χ1) is 6.20. The summed E-state index contributed by atoms with van der Waals surface area (Å²) in [5.41, 5.74) is 7.87. The van der Waals surface area contributed by atoms with E-state index >= 15 is 0 Å². The van der Waals surface area contributed by atoms with Crippen LogP contribution in [0.1, 0.15) is 24.3 Å². The van der Waals surface area contributed by atoms with Crippen molar-refractivity contribution >= 4 is 11.0 Å². The van der Waals surface area contributed by atoms with E-state index in [1.807, 2.05) is 32.0 Å². The molecule has 2 rings (SSSR count). The fourth-order valence-corrected chi connectivity index (χ4v) is 1.63. The van der Waals surface area contributed by atoms with E-state index in [-0.39, 0.29) is 6.04 Å². The molecule has 0 radical (unpaired) electrons. The molecular formula is C11H13NO. The van der Waals surface area contributed by atoms with Crippen LogP contribution in [-0.4, -0.2) is 0 Å². The number of hydrogen-bond acceptors (Lipinski definition) is 2. The van der Waals surface area contributed by atoms with E-state index in [0.717, 1.165) is 22.3 Å². The number of nitrogens with two attached hydrogens (primary N) is 1. The van der Waals surface area contributed by atoms with Gasteiger partial charge in [-0.1, -0.05) is 18.2 Å². The lowest BCUT2D eigenvalue weighted by Gasteiger charge is -2.00. The van der Waals surface area contributed by atoms with Crippen LogP contribution < -0.4 is 5.73 Å². The van der Waals surface area contributed by atoms with Crippen LogP contribution in [0, 0.1) is 6.92 Å². The zero-order valence-electron chi connectivity index (χ0n) is 7.87. The molecule has 0 saturated heterocycles. The van der Waals surface area contributed by atoms with Gasteiger partial charge in [0.1, 0.15) is 11.3 Å². The number of para-hydroxylation sites is 1. The molecule has 1 atom stereocenters. The first-order valence-electron chi connectivity index (χ1n) is 4.43. The molecular weight excluding hydrogens is 162 g/mol. The predicted molar refractivity (Wildman–Crippen MR) is 53.6 cm³/mol. The molecule has 2 aromatic rings. The monoisotopic (exact) mass is 175 g/mol. The topological polar surface area (TPSA) is 39.2 Å². The van der Waals surface area contributed by atoms with E-state index in [4.69, 9.17) is 10.2 Å². The van der Waals surface area contributed by atoms with Gasteiger partial charge in [0.2, 0.25) is 0 Å². The number of fused-ring (bicyclic) bond motifs is 1. The van der Waals surface area contributed by atoms with Gasteiger partial charge in [0, 0.05) is 5.39 Å². The summed E-state index contributed by atoms with van der Waals surface area (Å²) in [7, 11) is 0. The lowest BCUT2D eigenvalue weighted by atomic mass is 10.1. The molecule has 0 spiro atoms. The van der Waals surface area contributed by atoms with Crippen molar-refractivity contribution in [1.82, 2.24) is 0 Å². The summed E-state index contributed by atoms with van der Waals surface area (Å²) in [6.45, 7) is 3.98. The Morgan fingerprint density at radius 3 is 2.62 bits per heavy atom. The van der Waals surface area contributed by atoms with Gasteiger partial charge in [0.25, 0.3) is 0 Å². The quantitative estimate of drug-likeness (QED) is 0.723. The number of aryl methyl sites for hydroxylation is 1. The minimum Gasteiger partial charge on any atom is -0.459 e. The van der Waals surface area contributed by atoms with E-state index in [1.54, 1.807) is 0 Å². The molecule has 13 heavy (non-hydrogen) atoms. The molecule has 1 aromatic carbocycles. The molecule has 0 aliphatic carbocycles. The van der Waals surface area contributed by atoms with E-state index in [2.05, 4.69) is 6.07 Å². The molecule has 0 aliphatic heterocycles. The van der Waals surface area contributed by atoms with Gasteiger partial charge in [-0.05, 0) is 25.5 Å². The van der Waals surface area contributed by atoms with Crippen molar-refractivity contribution in [2.24, 2.45) is 5.73 Å². The zero-order chi connectivity index (χ0) is 9.42. The van der Waals surface area contributed by atoms with E-state index < -0.39 is 0 Å². The summed E-state index contributed by atoms with van der Waals surface area (Å²) in [4.78, 5) is 0. The predicted octanol–water partition coefficient (Wildman–Crippen LogP) is 2.76. The van der Waals surface area contributed by atoms with Crippen LogP contribution >= 0.6 is 0 Å². The van der Waals surface area contributed by atoms with Crippen LogP contribution in [0.2, 0.25) is 0 Å². The molecule has 1 heterocycles. The van der Waals surface area contributed by atoms with Crippen LogP contribution in [0.15, 0.2) is 28.7 Å². The smallest absolute Gasteiger partial charge is 0.134 e. The van der Waals surface area contributed by atoms with Crippen molar-refractivity contribution in [1.29, 1.82) is 0 Å². The Bertz CT molecular complexity index is 429. The molecule has 68 valence electrons. The fourth-order valence-electron chi connectivity index (χ4n) is 1.63. The average molecular weight is 175 g/mol. The van der Waals surface area contributed by atoms with Crippen LogP contribution in [0.4, 0.5) is 0 Å². The van der Waals surface area contributed by atoms with Crippen molar-refractivity contribution in [3.05, 3.63) is 35.6 Å². The lowest BCUT2D eigenvalue weighted by molar-refractivity contribution is 0.509. The molecule has 2 N–H and O–H groups in total. The Hall–Kier alpha value is -1.28. The molecule has 0 bridgehead atoms. The van der Waals surface area contributed by atoms with Gasteiger partial charge in [-0.2, -0.15) is 0 Å². The second-order valence-corrected chi connectivity index (χ2v) is 3.38. The Morgan fingerprint density at radius 2 is 2.00 bits per heavy atom. The Kier molecular flexibility index (Phi) is 1.85. The van der Waals surface area contributed by atoms with Gasteiger partial charge in [-0.25, -0.2) is 0 Å². The first kappa shape index (κ1) is 8.32. The molecule has 1 aromatic heterocycles. The van der Waals surface area contributed by atoms with Gasteiger partial charge in [0.15, 0.2) is 0 Å². The van der Waals surface area contributed by atoms with E-state index in [0.29, 0.717) is 0 Å². The maximum absolute atomic E-state index is 5.78. The molecule has 0 fully saturated rings. The molecule has 0 saturated carbocycles. The van der Waals surface area contributed by atoms with Crippen LogP contribution in [0.3, 0.4) is 0 Å². The number of benzene rings is 1. The van der Waals surface area contributed by atoms with Crippen molar-refractivity contribution in [3.8, 4) is 0 Å². The second kappa shape index (κ2) is 2.89. The van der Waals surface area contributed by atoms with Crippen molar-refractivity contribution in [2.75, 3.05) is 0 Å². The Balaban J connectivity index is 2.74. The summed E-state index contributed by atoms with van der Waals surface area (Å²) in [5.74, 6) is 0.890. The molecule has 0 aliphatic rings. The summed E-state index contributed by atoms with van der Waals surface area (Å²) in [6, 6.07) is 7.97. The maximum atomic E-state index is 5.78. The van der Waals surface area contributed by atoms with Crippen LogP contribution in [0.25, 0.3) is 11.0 Å². The number of hydrogen-bond donors (Lipinski definition) is 1. The molecule has 2 heteroatoms. The highest BCUT2D eigenvalue weighted by Gasteiger charge is 2.12. The summed E-state index contributed by atoms with van der Waals surface area (Å²) in [5, 5.41) is 1.16. The van der Waals surface area contributed by atoms with Crippen molar-refractivity contribution < 1.29 is 4.42 Å². The second-order valence-electron chi connectivity index (χ2n) is 3.38. The summed E-state index contributed by atoms with van der Waals surface area (Å²) in [6.07, 6.45) is 0. The minimum absolute atomic E-state index is 0.0348. The Morgan fingerprint density at radius 1 is 1.31 bits per heavy atom. The fraction of sp³-hybridized carbons (Fsp3) is 0.273. The third-order valence-corrected chi connectivity index (χ3v) is 2.29. The normalized spacial score (nSPS) is 13.5. The standard InChI is InChI=1S/C11H13NO/c1-7-9-5-3-4-6-10(9)13-11(7)8(2)12/h3-6,8H,12H2,1-2H3/t8-/m0/s1. The van der Waals surface area contributed by atoms with Gasteiger partial charge >= 0.3 is 0 Å². The first-order valence-corrected chi connectivity index (χ1v) is 4.43. The van der Waals surface area contributed by atoms with Gasteiger partial charge < -0.3 is 10.2 Å². The van der Waals surface area contributed by atoms with Crippen LogP contribution in [-0.2, 0) is 0 Å². The number of rotatable bonds is 1. The lowest BCUT2D eigenvalue weighted by Crippen LogP contribution is -2.04. The van der Waals surface area contributed by atoms with Gasteiger partial charge in [-0.3, -0.25) is 0 Å². The highest BCUT2D eigenvalue weighted by molar-refractivity contribution is 5.81. The van der Waals surface area contributed by atoms with Gasteiger partial charge in [0.05, 0.1) is 6.04 Å². The molecule has 2 nitrogen and oxygen atoms in total. The SMILES string of the molecule is Cc1c([C@H](C)N)oc2ccccc12. The van der Waals surface area contributed by atoms with Crippen LogP contribution in [0.5, 0.6) is 0 Å². The largest absolute Gasteiger partial charge is 0.459 e. The Labute approximate surface area is 77.3 Å². The third kappa shape index (κ3) is 1.23. The maximum Gasteiger partial charge on any atom is 0.134 e. The molecule has 0 unspecified atom stereocenters. The average Bonchev–Trinajstić information content (AvgIpc) is 2.45.